The molecule has 2 rings (SSSR count). The molecule has 0 fully saturated rings. The molecule has 0 aliphatic heterocycles. The Morgan fingerprint density at radius 1 is 1.05 bits per heavy atom. The number of urea groups is 1. The maximum atomic E-state index is 11.9. The second-order valence-electron chi connectivity index (χ2n) is 3.82. The first-order valence-corrected chi connectivity index (χ1v) is 6.99. The molecule has 7 heteroatoms. The smallest absolute Gasteiger partial charge is 0.329 e. The molecule has 2 aromatic carbocycles. The minimum absolute atomic E-state index is 0.0857. The van der Waals surface area contributed by atoms with Crippen LogP contribution in [0.15, 0.2) is 47.4 Å². The number of rotatable bonds is 3. The predicted octanol–water partition coefficient (Wildman–Crippen LogP) is 0.962. The van der Waals surface area contributed by atoms with E-state index >= 15 is 0 Å². The maximum absolute atomic E-state index is 11.9. The summed E-state index contributed by atoms with van der Waals surface area (Å²) in [5, 5.41) is 4.00. The highest BCUT2D eigenvalue weighted by atomic mass is 32.2. The zero-order valence-electron chi connectivity index (χ0n) is 10.2. The molecule has 0 aromatic heterocycles. The van der Waals surface area contributed by atoms with Crippen LogP contribution in [-0.4, -0.2) is 21.5 Å². The number of fused-ring (bicyclic) bond motifs is 1. The van der Waals surface area contributed by atoms with Crippen molar-refractivity contribution in [3.63, 3.8) is 0 Å². The van der Waals surface area contributed by atoms with E-state index in [2.05, 4.69) is 5.32 Å². The minimum atomic E-state index is -3.78. The highest BCUT2D eigenvalue weighted by molar-refractivity contribution is 7.89. The van der Waals surface area contributed by atoms with Gasteiger partial charge in [-0.2, -0.15) is 0 Å². The first-order valence-electron chi connectivity index (χ1n) is 5.51. The summed E-state index contributed by atoms with van der Waals surface area (Å²) in [5.41, 5.74) is 2.03. The lowest BCUT2D eigenvalue weighted by atomic mass is 10.1. The molecule has 0 saturated heterocycles. The Kier molecular flexibility index (Phi) is 3.68. The molecule has 0 heterocycles. The highest BCUT2D eigenvalue weighted by Gasteiger charge is 2.14. The van der Waals surface area contributed by atoms with Crippen molar-refractivity contribution in [3.8, 4) is 0 Å². The van der Waals surface area contributed by atoms with Gasteiger partial charge in [-0.1, -0.05) is 30.3 Å². The van der Waals surface area contributed by atoms with Gasteiger partial charge in [-0.05, 0) is 22.9 Å². The number of hydrogen-bond donors (Lipinski definition) is 3. The molecular formula is C12H13N3O3S. The number of hydrogen-bond acceptors (Lipinski definition) is 3. The zero-order valence-corrected chi connectivity index (χ0v) is 11.0. The molecule has 0 spiro atoms. The Morgan fingerprint density at radius 2 is 1.74 bits per heavy atom. The van der Waals surface area contributed by atoms with Crippen molar-refractivity contribution in [1.82, 2.24) is 15.6 Å². The van der Waals surface area contributed by atoms with Crippen molar-refractivity contribution in [2.45, 2.75) is 4.90 Å². The molecule has 6 nitrogen and oxygen atoms in total. The van der Waals surface area contributed by atoms with Gasteiger partial charge >= 0.3 is 6.03 Å². The van der Waals surface area contributed by atoms with Crippen molar-refractivity contribution in [1.29, 1.82) is 0 Å². The van der Waals surface area contributed by atoms with Crippen LogP contribution in [0.5, 0.6) is 0 Å². The van der Waals surface area contributed by atoms with E-state index in [0.717, 1.165) is 10.8 Å². The van der Waals surface area contributed by atoms with Gasteiger partial charge in [0.25, 0.3) is 10.0 Å². The molecule has 0 aliphatic rings. The average molecular weight is 279 g/mol. The molecule has 0 atom stereocenters. The number of hydrazine groups is 1. The van der Waals surface area contributed by atoms with E-state index in [4.69, 9.17) is 0 Å². The number of sulfonamides is 1. The molecule has 2 aromatic rings. The van der Waals surface area contributed by atoms with Gasteiger partial charge in [0.05, 0.1) is 4.90 Å². The third-order valence-electron chi connectivity index (χ3n) is 2.56. The van der Waals surface area contributed by atoms with Crippen LogP contribution in [0, 0.1) is 0 Å². The van der Waals surface area contributed by atoms with Crippen molar-refractivity contribution in [3.05, 3.63) is 42.5 Å². The molecule has 3 N–H and O–H groups in total. The van der Waals surface area contributed by atoms with Crippen molar-refractivity contribution >= 4 is 26.8 Å². The summed E-state index contributed by atoms with van der Waals surface area (Å²) in [4.78, 5) is 13.0. The third-order valence-corrected chi connectivity index (χ3v) is 3.80. The van der Waals surface area contributed by atoms with E-state index in [1.54, 1.807) is 12.1 Å². The van der Waals surface area contributed by atoms with Gasteiger partial charge in [0.1, 0.15) is 0 Å². The molecule has 0 saturated carbocycles. The van der Waals surface area contributed by atoms with Crippen molar-refractivity contribution < 1.29 is 13.2 Å². The van der Waals surface area contributed by atoms with Crippen molar-refractivity contribution in [2.24, 2.45) is 0 Å². The molecule has 0 aliphatic carbocycles. The fourth-order valence-corrected chi connectivity index (χ4v) is 2.44. The lowest BCUT2D eigenvalue weighted by Gasteiger charge is -2.08. The number of nitrogens with one attached hydrogen (secondary N) is 3. The summed E-state index contributed by atoms with van der Waals surface area (Å²) < 4.78 is 23.9. The fourth-order valence-electron chi connectivity index (χ4n) is 1.57. The monoisotopic (exact) mass is 279 g/mol. The van der Waals surface area contributed by atoms with Gasteiger partial charge in [-0.15, -0.1) is 4.83 Å². The number of benzene rings is 2. The normalized spacial score (nSPS) is 11.2. The summed E-state index contributed by atoms with van der Waals surface area (Å²) in [6.45, 7) is 0. The van der Waals surface area contributed by atoms with Gasteiger partial charge in [0.15, 0.2) is 0 Å². The Morgan fingerprint density at radius 3 is 2.42 bits per heavy atom. The van der Waals surface area contributed by atoms with Crippen LogP contribution in [0.3, 0.4) is 0 Å². The summed E-state index contributed by atoms with van der Waals surface area (Å²) in [5.74, 6) is 0. The lowest BCUT2D eigenvalue weighted by Crippen LogP contribution is -2.45. The van der Waals surface area contributed by atoms with E-state index in [9.17, 15) is 13.2 Å². The molecule has 2 amide bonds. The third kappa shape index (κ3) is 3.01. The summed E-state index contributed by atoms with van der Waals surface area (Å²) in [6, 6.07) is 11.5. The Labute approximate surface area is 110 Å². The van der Waals surface area contributed by atoms with Crippen molar-refractivity contribution in [2.75, 3.05) is 7.05 Å². The van der Waals surface area contributed by atoms with E-state index in [1.807, 2.05) is 34.5 Å². The first kappa shape index (κ1) is 13.3. The van der Waals surface area contributed by atoms with Gasteiger partial charge in [-0.3, -0.25) is 5.43 Å². The van der Waals surface area contributed by atoms with Crippen LogP contribution in [0.2, 0.25) is 0 Å². The van der Waals surface area contributed by atoms with Gasteiger partial charge in [0.2, 0.25) is 0 Å². The van der Waals surface area contributed by atoms with Crippen LogP contribution < -0.4 is 15.6 Å². The largest absolute Gasteiger partial charge is 0.340 e. The summed E-state index contributed by atoms with van der Waals surface area (Å²) in [7, 11) is -2.39. The Bertz CT molecular complexity index is 713. The molecule has 100 valence electrons. The predicted molar refractivity (Wildman–Crippen MR) is 71.9 cm³/mol. The van der Waals surface area contributed by atoms with Gasteiger partial charge < -0.3 is 5.32 Å². The standard InChI is InChI=1S/C12H13N3O3S/c1-13-12(16)14-15-19(17,18)11-7-6-9-4-2-3-5-10(9)8-11/h2-8,15H,1H3,(H2,13,14,16). The van der Waals surface area contributed by atoms with Crippen LogP contribution in [0.4, 0.5) is 4.79 Å². The van der Waals surface area contributed by atoms with E-state index in [-0.39, 0.29) is 4.90 Å². The first-order chi connectivity index (χ1) is 9.03. The van der Waals surface area contributed by atoms with Crippen LogP contribution in [0.1, 0.15) is 0 Å². The van der Waals surface area contributed by atoms with Crippen LogP contribution in [-0.2, 0) is 10.0 Å². The molecule has 0 unspecified atom stereocenters. The Hall–Kier alpha value is -2.12. The topological polar surface area (TPSA) is 87.3 Å². The van der Waals surface area contributed by atoms with E-state index in [1.165, 1.54) is 13.1 Å². The molecule has 0 radical (unpaired) electrons. The number of carbonyl (C=O) groups excluding carboxylic acids is 1. The molecule has 0 bridgehead atoms. The average Bonchev–Trinajstić information content (AvgIpc) is 2.44. The van der Waals surface area contributed by atoms with Gasteiger partial charge in [-0.25, -0.2) is 13.2 Å². The highest BCUT2D eigenvalue weighted by Crippen LogP contribution is 2.18. The summed E-state index contributed by atoms with van der Waals surface area (Å²) >= 11 is 0. The number of carbonyl (C=O) groups is 1. The van der Waals surface area contributed by atoms with E-state index in [0.29, 0.717) is 0 Å². The van der Waals surface area contributed by atoms with Crippen LogP contribution >= 0.6 is 0 Å². The molecule has 19 heavy (non-hydrogen) atoms. The SMILES string of the molecule is CNC(=O)NNS(=O)(=O)c1ccc2ccccc2c1. The maximum Gasteiger partial charge on any atom is 0.329 e. The second-order valence-corrected chi connectivity index (χ2v) is 5.50. The lowest BCUT2D eigenvalue weighted by molar-refractivity contribution is 0.241. The van der Waals surface area contributed by atoms with Crippen LogP contribution in [0.25, 0.3) is 10.8 Å². The minimum Gasteiger partial charge on any atom is -0.340 e. The second kappa shape index (κ2) is 5.25. The molecular weight excluding hydrogens is 266 g/mol. The fraction of sp³-hybridized carbons (Fsp3) is 0.0833. The summed E-state index contributed by atoms with van der Waals surface area (Å²) in [6.07, 6.45) is 0. The number of amides is 2. The van der Waals surface area contributed by atoms with Gasteiger partial charge in [0, 0.05) is 7.05 Å². The Balaban J connectivity index is 2.30. The quantitative estimate of drug-likeness (QED) is 0.731. The zero-order chi connectivity index (χ0) is 13.9. The van der Waals surface area contributed by atoms with E-state index < -0.39 is 16.1 Å².